The van der Waals surface area contributed by atoms with E-state index in [9.17, 15) is 24.0 Å². The molecule has 3 heterocycles. The molecule has 1 fully saturated rings. The molecule has 0 saturated carbocycles. The fourth-order valence-corrected chi connectivity index (χ4v) is 5.24. The molecule has 3 aromatic rings. The van der Waals surface area contributed by atoms with E-state index < -0.39 is 46.7 Å². The summed E-state index contributed by atoms with van der Waals surface area (Å²) in [7, 11) is 0. The van der Waals surface area contributed by atoms with Crippen LogP contribution < -0.4 is 15.6 Å². The fourth-order valence-electron chi connectivity index (χ4n) is 5.01. The number of carbonyl (C=O) groups is 2. The smallest absolute Gasteiger partial charge is 0.307 e. The summed E-state index contributed by atoms with van der Waals surface area (Å²) in [4.78, 5) is 44.8. The Balaban J connectivity index is 1.55. The normalized spacial score (nSPS) is 17.6. The fraction of sp³-hybridized carbons (Fsp3) is 0.379. The van der Waals surface area contributed by atoms with Gasteiger partial charge in [-0.25, -0.2) is 14.5 Å². The SMILES string of the molecule is Cc1cc(Oc2ccc(C(=O)N[C@H](C)C(=O)N3[C@H](c4cc(F)cc(Cl)c4)CC[C@@H]3C(C)(C)C#N)nc2C)c(=O)[nH]n1. The summed E-state index contributed by atoms with van der Waals surface area (Å²) >= 11 is 6.10. The Morgan fingerprint density at radius 2 is 1.95 bits per heavy atom. The van der Waals surface area contributed by atoms with Crippen LogP contribution in [0.5, 0.6) is 11.5 Å². The molecule has 10 nitrogen and oxygen atoms in total. The molecule has 12 heteroatoms. The van der Waals surface area contributed by atoms with Crippen LogP contribution in [0.3, 0.4) is 0 Å². The van der Waals surface area contributed by atoms with E-state index >= 15 is 0 Å². The standard InChI is InChI=1S/C29H30ClFN6O4/c1-15-10-24(27(39)36-35-15)41-23-8-6-21(33-16(23)2)26(38)34-17(3)28(40)37-22(7-9-25(37)29(4,5)14-32)18-11-19(30)13-20(31)12-18/h6,8,10-13,17,22,25H,7,9H2,1-5H3,(H,34,38)(H,36,39)/t17-,22+,25-/m1/s1. The summed E-state index contributed by atoms with van der Waals surface area (Å²) in [6.45, 7) is 8.37. The van der Waals surface area contributed by atoms with E-state index in [4.69, 9.17) is 16.3 Å². The number of ether oxygens (including phenoxy) is 1. The highest BCUT2D eigenvalue weighted by molar-refractivity contribution is 6.30. The number of nitrogens with zero attached hydrogens (tertiary/aromatic N) is 4. The average Bonchev–Trinajstić information content (AvgIpc) is 3.37. The number of hydrogen-bond acceptors (Lipinski definition) is 7. The molecule has 41 heavy (non-hydrogen) atoms. The zero-order valence-electron chi connectivity index (χ0n) is 23.3. The lowest BCUT2D eigenvalue weighted by molar-refractivity contribution is -0.137. The van der Waals surface area contributed by atoms with E-state index in [2.05, 4.69) is 26.6 Å². The Hall–Kier alpha value is -4.30. The molecule has 0 radical (unpaired) electrons. The van der Waals surface area contributed by atoms with Crippen LogP contribution in [-0.4, -0.2) is 44.0 Å². The number of nitrogens with one attached hydrogen (secondary N) is 2. The van der Waals surface area contributed by atoms with E-state index in [0.29, 0.717) is 29.8 Å². The average molecular weight is 581 g/mol. The molecule has 1 aliphatic heterocycles. The van der Waals surface area contributed by atoms with E-state index in [1.807, 2.05) is 0 Å². The predicted molar refractivity (Wildman–Crippen MR) is 149 cm³/mol. The highest BCUT2D eigenvalue weighted by Crippen LogP contribution is 2.44. The summed E-state index contributed by atoms with van der Waals surface area (Å²) in [6, 6.07) is 8.84. The van der Waals surface area contributed by atoms with Gasteiger partial charge < -0.3 is 15.0 Å². The molecule has 2 N–H and O–H groups in total. The summed E-state index contributed by atoms with van der Waals surface area (Å²) in [6.07, 6.45) is 1.03. The maximum Gasteiger partial charge on any atom is 0.307 e. The molecular formula is C29H30ClFN6O4. The van der Waals surface area contributed by atoms with Gasteiger partial charge in [0.15, 0.2) is 5.75 Å². The van der Waals surface area contributed by atoms with Gasteiger partial charge in [0.25, 0.3) is 5.91 Å². The van der Waals surface area contributed by atoms with Gasteiger partial charge in [-0.1, -0.05) is 11.6 Å². The minimum atomic E-state index is -0.986. The van der Waals surface area contributed by atoms with Crippen molar-refractivity contribution in [1.29, 1.82) is 5.26 Å². The first-order valence-electron chi connectivity index (χ1n) is 13.0. The minimum Gasteiger partial charge on any atom is -0.450 e. The maximum atomic E-state index is 14.2. The second kappa shape index (κ2) is 11.7. The molecule has 0 bridgehead atoms. The molecule has 214 valence electrons. The molecule has 0 spiro atoms. The Morgan fingerprint density at radius 1 is 1.22 bits per heavy atom. The summed E-state index contributed by atoms with van der Waals surface area (Å²) in [5.41, 5.74) is 0.0643. The number of hydrogen-bond donors (Lipinski definition) is 2. The third-order valence-electron chi connectivity index (χ3n) is 7.14. The molecular weight excluding hydrogens is 551 g/mol. The number of benzene rings is 1. The highest BCUT2D eigenvalue weighted by atomic mass is 35.5. The lowest BCUT2D eigenvalue weighted by Crippen LogP contribution is -2.52. The predicted octanol–water partition coefficient (Wildman–Crippen LogP) is 4.77. The van der Waals surface area contributed by atoms with Crippen molar-refractivity contribution in [3.8, 4) is 17.6 Å². The Labute approximate surface area is 241 Å². The van der Waals surface area contributed by atoms with Crippen LogP contribution in [0.2, 0.25) is 5.02 Å². The second-order valence-electron chi connectivity index (χ2n) is 10.7. The van der Waals surface area contributed by atoms with Gasteiger partial charge in [0.05, 0.1) is 35.0 Å². The van der Waals surface area contributed by atoms with Crippen LogP contribution in [0.25, 0.3) is 0 Å². The van der Waals surface area contributed by atoms with Crippen molar-refractivity contribution in [2.75, 3.05) is 0 Å². The molecule has 1 aliphatic rings. The van der Waals surface area contributed by atoms with Crippen LogP contribution in [0.1, 0.15) is 67.1 Å². The third kappa shape index (κ3) is 6.38. The van der Waals surface area contributed by atoms with E-state index in [-0.39, 0.29) is 22.2 Å². The number of amides is 2. The van der Waals surface area contributed by atoms with Gasteiger partial charge in [0, 0.05) is 11.1 Å². The van der Waals surface area contributed by atoms with Crippen LogP contribution in [0, 0.1) is 36.4 Å². The van der Waals surface area contributed by atoms with Crippen LogP contribution >= 0.6 is 11.6 Å². The topological polar surface area (TPSA) is 141 Å². The van der Waals surface area contributed by atoms with Crippen molar-refractivity contribution in [1.82, 2.24) is 25.4 Å². The van der Waals surface area contributed by atoms with E-state index in [0.717, 1.165) is 0 Å². The first-order valence-corrected chi connectivity index (χ1v) is 13.4. The number of aryl methyl sites for hydroxylation is 2. The van der Waals surface area contributed by atoms with Crippen LogP contribution in [0.4, 0.5) is 4.39 Å². The number of aromatic amines is 1. The minimum absolute atomic E-state index is 0.0356. The molecule has 2 aromatic heterocycles. The molecule has 2 amide bonds. The van der Waals surface area contributed by atoms with Crippen LogP contribution in [-0.2, 0) is 4.79 Å². The largest absolute Gasteiger partial charge is 0.450 e. The number of carbonyl (C=O) groups excluding carboxylic acids is 2. The lowest BCUT2D eigenvalue weighted by atomic mass is 9.84. The summed E-state index contributed by atoms with van der Waals surface area (Å²) in [5.74, 6) is -1.23. The van der Waals surface area contributed by atoms with Crippen LogP contribution in [0.15, 0.2) is 41.2 Å². The molecule has 4 rings (SSSR count). The van der Waals surface area contributed by atoms with E-state index in [1.165, 1.54) is 30.3 Å². The van der Waals surface area contributed by atoms with E-state index in [1.54, 1.807) is 45.6 Å². The summed E-state index contributed by atoms with van der Waals surface area (Å²) in [5, 5.41) is 18.9. The summed E-state index contributed by atoms with van der Waals surface area (Å²) < 4.78 is 19.9. The van der Waals surface area contributed by atoms with Crippen molar-refractivity contribution in [2.24, 2.45) is 5.41 Å². The number of halogens is 2. The van der Waals surface area contributed by atoms with Crippen molar-refractivity contribution in [3.05, 3.63) is 80.2 Å². The number of rotatable bonds is 7. The maximum absolute atomic E-state index is 14.2. The van der Waals surface area contributed by atoms with Gasteiger partial charge in [0.1, 0.15) is 23.3 Å². The zero-order valence-corrected chi connectivity index (χ0v) is 24.0. The van der Waals surface area contributed by atoms with Crippen molar-refractivity contribution >= 4 is 23.4 Å². The number of nitriles is 1. The Morgan fingerprint density at radius 3 is 2.61 bits per heavy atom. The van der Waals surface area contributed by atoms with Gasteiger partial charge in [-0.2, -0.15) is 10.4 Å². The van der Waals surface area contributed by atoms with Crippen molar-refractivity contribution in [2.45, 2.75) is 65.6 Å². The highest BCUT2D eigenvalue weighted by Gasteiger charge is 2.46. The van der Waals surface area contributed by atoms with Gasteiger partial charge in [0.2, 0.25) is 5.91 Å². The van der Waals surface area contributed by atoms with Gasteiger partial charge in [-0.05, 0) is 83.4 Å². The third-order valence-corrected chi connectivity index (χ3v) is 7.35. The lowest BCUT2D eigenvalue weighted by Gasteiger charge is -2.38. The molecule has 1 saturated heterocycles. The first-order chi connectivity index (χ1) is 19.3. The second-order valence-corrected chi connectivity index (χ2v) is 11.1. The molecule has 0 unspecified atom stereocenters. The van der Waals surface area contributed by atoms with Gasteiger partial charge in [-0.3, -0.25) is 14.4 Å². The van der Waals surface area contributed by atoms with Gasteiger partial charge in [-0.15, -0.1) is 0 Å². The number of likely N-dealkylation sites (tertiary alicyclic amines) is 1. The van der Waals surface area contributed by atoms with Crippen molar-refractivity contribution < 1.29 is 18.7 Å². The molecule has 1 aromatic carbocycles. The zero-order chi connectivity index (χ0) is 30.1. The Bertz CT molecular complexity index is 1580. The Kier molecular flexibility index (Phi) is 8.44. The number of H-pyrrole nitrogens is 1. The van der Waals surface area contributed by atoms with Crippen molar-refractivity contribution in [3.63, 3.8) is 0 Å². The number of pyridine rings is 1. The molecule has 0 aliphatic carbocycles. The number of aromatic nitrogens is 3. The molecule has 3 atom stereocenters. The quantitative estimate of drug-likeness (QED) is 0.410. The first kappa shape index (κ1) is 29.7. The van der Waals surface area contributed by atoms with Gasteiger partial charge >= 0.3 is 5.56 Å². The monoisotopic (exact) mass is 580 g/mol.